The van der Waals surface area contributed by atoms with E-state index in [0.29, 0.717) is 53.3 Å². The lowest BCUT2D eigenvalue weighted by Crippen LogP contribution is -2.16. The molecule has 1 saturated heterocycles. The number of nitrogens with one attached hydrogen (secondary N) is 1. The molecule has 1 heterocycles. The Labute approximate surface area is 174 Å². The van der Waals surface area contributed by atoms with Gasteiger partial charge in [-0.05, 0) is 49.6 Å². The Morgan fingerprint density at radius 3 is 2.86 bits per heavy atom. The number of rotatable bonds is 9. The second kappa shape index (κ2) is 10.6. The summed E-state index contributed by atoms with van der Waals surface area (Å²) in [5.74, 6) is 1.19. The van der Waals surface area contributed by atoms with Gasteiger partial charge in [-0.15, -0.1) is 0 Å². The van der Waals surface area contributed by atoms with Crippen LogP contribution in [0.5, 0.6) is 11.5 Å². The first-order valence-electron chi connectivity index (χ1n) is 9.32. The van der Waals surface area contributed by atoms with Gasteiger partial charge >= 0.3 is 0 Å². The number of ether oxygens (including phenoxy) is 3. The molecular weight excluding hydrogens is 401 g/mol. The van der Waals surface area contributed by atoms with Crippen LogP contribution in [0.15, 0.2) is 42.5 Å². The van der Waals surface area contributed by atoms with Crippen LogP contribution in [0, 0.1) is 0 Å². The molecule has 1 N–H and O–H groups in total. The Balaban J connectivity index is 1.38. The molecule has 150 valence electrons. The smallest absolute Gasteiger partial charge is 0.224 e. The van der Waals surface area contributed by atoms with Gasteiger partial charge in [-0.25, -0.2) is 0 Å². The van der Waals surface area contributed by atoms with Crippen LogP contribution in [-0.4, -0.2) is 31.8 Å². The van der Waals surface area contributed by atoms with Gasteiger partial charge in [0.15, 0.2) is 0 Å². The standard InChI is InChI=1S/C21H23Cl2NO4/c22-15-8-9-20(19(23)12-15)27-11-3-7-21(25)24-16-4-1-5-17(13-16)28-14-18-6-2-10-26-18/h1,4-5,8-9,12-13,18H,2-3,6-7,10-11,14H2,(H,24,25). The van der Waals surface area contributed by atoms with Crippen molar-refractivity contribution in [2.24, 2.45) is 0 Å². The van der Waals surface area contributed by atoms with Crippen LogP contribution in [0.3, 0.4) is 0 Å². The van der Waals surface area contributed by atoms with E-state index >= 15 is 0 Å². The second-order valence-electron chi connectivity index (χ2n) is 6.55. The summed E-state index contributed by atoms with van der Waals surface area (Å²) >= 11 is 11.9. The molecule has 1 unspecified atom stereocenters. The minimum Gasteiger partial charge on any atom is -0.492 e. The highest BCUT2D eigenvalue weighted by Gasteiger charge is 2.16. The highest BCUT2D eigenvalue weighted by molar-refractivity contribution is 6.35. The van der Waals surface area contributed by atoms with E-state index in [1.165, 1.54) is 0 Å². The van der Waals surface area contributed by atoms with E-state index in [4.69, 9.17) is 37.4 Å². The van der Waals surface area contributed by atoms with Crippen LogP contribution in [0.1, 0.15) is 25.7 Å². The number of anilines is 1. The summed E-state index contributed by atoms with van der Waals surface area (Å²) < 4.78 is 16.9. The van der Waals surface area contributed by atoms with Gasteiger partial charge in [0.05, 0.1) is 17.7 Å². The average Bonchev–Trinajstić information content (AvgIpc) is 3.19. The Kier molecular flexibility index (Phi) is 7.83. The Bertz CT molecular complexity index is 794. The predicted octanol–water partition coefficient (Wildman–Crippen LogP) is 5.35. The predicted molar refractivity (Wildman–Crippen MR) is 111 cm³/mol. The molecule has 1 aliphatic heterocycles. The van der Waals surface area contributed by atoms with Gasteiger partial charge in [0.25, 0.3) is 0 Å². The normalized spacial score (nSPS) is 16.0. The molecule has 0 spiro atoms. The summed E-state index contributed by atoms with van der Waals surface area (Å²) in [7, 11) is 0. The molecule has 0 saturated carbocycles. The average molecular weight is 424 g/mol. The summed E-state index contributed by atoms with van der Waals surface area (Å²) in [6, 6.07) is 12.4. The largest absolute Gasteiger partial charge is 0.492 e. The van der Waals surface area contributed by atoms with Crippen molar-refractivity contribution in [1.29, 1.82) is 0 Å². The molecule has 0 aromatic heterocycles. The van der Waals surface area contributed by atoms with Crippen molar-refractivity contribution in [2.75, 3.05) is 25.1 Å². The Morgan fingerprint density at radius 2 is 2.07 bits per heavy atom. The monoisotopic (exact) mass is 423 g/mol. The number of carbonyl (C=O) groups excluding carboxylic acids is 1. The van der Waals surface area contributed by atoms with Crippen LogP contribution in [0.25, 0.3) is 0 Å². The number of benzene rings is 2. The molecule has 3 rings (SSSR count). The van der Waals surface area contributed by atoms with Crippen molar-refractivity contribution in [3.63, 3.8) is 0 Å². The molecule has 1 amide bonds. The Hall–Kier alpha value is -1.95. The van der Waals surface area contributed by atoms with E-state index in [1.54, 1.807) is 18.2 Å². The van der Waals surface area contributed by atoms with Gasteiger partial charge in [0.1, 0.15) is 18.1 Å². The summed E-state index contributed by atoms with van der Waals surface area (Å²) in [4.78, 5) is 12.1. The first-order valence-corrected chi connectivity index (χ1v) is 10.1. The number of amides is 1. The molecule has 7 heteroatoms. The van der Waals surface area contributed by atoms with E-state index in [0.717, 1.165) is 19.4 Å². The van der Waals surface area contributed by atoms with Gasteiger partial charge in [-0.1, -0.05) is 29.3 Å². The molecule has 0 aliphatic carbocycles. The van der Waals surface area contributed by atoms with Crippen molar-refractivity contribution in [1.82, 2.24) is 0 Å². The third-order valence-corrected chi connectivity index (χ3v) is 4.81. The number of hydrogen-bond donors (Lipinski definition) is 1. The zero-order valence-electron chi connectivity index (χ0n) is 15.5. The summed E-state index contributed by atoms with van der Waals surface area (Å²) in [5, 5.41) is 3.89. The molecular formula is C21H23Cl2NO4. The molecule has 0 bridgehead atoms. The molecule has 2 aromatic rings. The van der Waals surface area contributed by atoms with E-state index < -0.39 is 0 Å². The molecule has 2 aromatic carbocycles. The van der Waals surface area contributed by atoms with E-state index in [1.807, 2.05) is 24.3 Å². The van der Waals surface area contributed by atoms with Crippen LogP contribution < -0.4 is 14.8 Å². The molecule has 28 heavy (non-hydrogen) atoms. The van der Waals surface area contributed by atoms with E-state index in [9.17, 15) is 4.79 Å². The van der Waals surface area contributed by atoms with E-state index in [-0.39, 0.29) is 12.0 Å². The molecule has 1 aliphatic rings. The lowest BCUT2D eigenvalue weighted by molar-refractivity contribution is -0.116. The van der Waals surface area contributed by atoms with Gasteiger partial charge in [-0.3, -0.25) is 4.79 Å². The minimum absolute atomic E-state index is 0.0814. The van der Waals surface area contributed by atoms with Gasteiger partial charge in [-0.2, -0.15) is 0 Å². The van der Waals surface area contributed by atoms with Gasteiger partial charge in [0.2, 0.25) is 5.91 Å². The molecule has 1 fully saturated rings. The van der Waals surface area contributed by atoms with E-state index in [2.05, 4.69) is 5.32 Å². The lowest BCUT2D eigenvalue weighted by Gasteiger charge is -2.12. The maximum atomic E-state index is 12.1. The molecule has 5 nitrogen and oxygen atoms in total. The quantitative estimate of drug-likeness (QED) is 0.552. The number of hydrogen-bond acceptors (Lipinski definition) is 4. The van der Waals surface area contributed by atoms with Crippen LogP contribution in [0.2, 0.25) is 10.0 Å². The summed E-state index contributed by atoms with van der Waals surface area (Å²) in [6.45, 7) is 1.72. The van der Waals surface area contributed by atoms with Crippen LogP contribution in [-0.2, 0) is 9.53 Å². The third kappa shape index (κ3) is 6.59. The fourth-order valence-corrected chi connectivity index (χ4v) is 3.32. The van der Waals surface area contributed by atoms with Gasteiger partial charge < -0.3 is 19.5 Å². The Morgan fingerprint density at radius 1 is 1.18 bits per heavy atom. The fraction of sp³-hybridized carbons (Fsp3) is 0.381. The lowest BCUT2D eigenvalue weighted by atomic mass is 10.2. The van der Waals surface area contributed by atoms with Crippen molar-refractivity contribution < 1.29 is 19.0 Å². The number of carbonyl (C=O) groups is 1. The zero-order chi connectivity index (χ0) is 19.8. The topological polar surface area (TPSA) is 56.8 Å². The summed E-state index contributed by atoms with van der Waals surface area (Å²) in [6.07, 6.45) is 3.18. The SMILES string of the molecule is O=C(CCCOc1ccc(Cl)cc1Cl)Nc1cccc(OCC2CCCO2)c1. The van der Waals surface area contributed by atoms with Crippen molar-refractivity contribution >= 4 is 34.8 Å². The van der Waals surface area contributed by atoms with Crippen molar-refractivity contribution in [3.8, 4) is 11.5 Å². The fourth-order valence-electron chi connectivity index (χ4n) is 2.86. The van der Waals surface area contributed by atoms with Crippen molar-refractivity contribution in [3.05, 3.63) is 52.5 Å². The van der Waals surface area contributed by atoms with Crippen molar-refractivity contribution in [2.45, 2.75) is 31.8 Å². The zero-order valence-corrected chi connectivity index (χ0v) is 17.0. The maximum absolute atomic E-state index is 12.1. The highest BCUT2D eigenvalue weighted by atomic mass is 35.5. The molecule has 1 atom stereocenters. The summed E-state index contributed by atoms with van der Waals surface area (Å²) in [5.41, 5.74) is 0.705. The number of halogens is 2. The van der Waals surface area contributed by atoms with Crippen LogP contribution in [0.4, 0.5) is 5.69 Å². The van der Waals surface area contributed by atoms with Crippen LogP contribution >= 0.6 is 23.2 Å². The first kappa shape index (κ1) is 20.8. The highest BCUT2D eigenvalue weighted by Crippen LogP contribution is 2.27. The van der Waals surface area contributed by atoms with Gasteiger partial charge in [0, 0.05) is 29.8 Å². The second-order valence-corrected chi connectivity index (χ2v) is 7.39. The third-order valence-electron chi connectivity index (χ3n) is 4.28. The minimum atomic E-state index is -0.0814. The maximum Gasteiger partial charge on any atom is 0.224 e. The molecule has 0 radical (unpaired) electrons. The first-order chi connectivity index (χ1) is 13.6.